The Morgan fingerprint density at radius 3 is 2.23 bits per heavy atom. The summed E-state index contributed by atoms with van der Waals surface area (Å²) < 4.78 is 26.5. The number of amides is 1. The first kappa shape index (κ1) is 21.0. The first-order valence-corrected chi connectivity index (χ1v) is 9.25. The third-order valence-electron chi connectivity index (χ3n) is 4.58. The molecule has 8 heteroatoms. The van der Waals surface area contributed by atoms with Crippen molar-refractivity contribution in [3.63, 3.8) is 0 Å². The smallest absolute Gasteiger partial charge is 0.374 e. The second kappa shape index (κ2) is 8.77. The highest BCUT2D eigenvalue weighted by Gasteiger charge is 2.20. The van der Waals surface area contributed by atoms with Gasteiger partial charge in [-0.25, -0.2) is 4.79 Å². The standard InChI is InChI=1S/C22H23NO7/c1-6-29-22(25)19-12(2)15-11-14(7-8-16(15)30-19)23-21(24)13-9-17(26-3)20(28-5)18(10-13)27-4/h7-11H,6H2,1-5H3,(H,23,24). The largest absolute Gasteiger partial charge is 0.493 e. The van der Waals surface area contributed by atoms with Gasteiger partial charge in [0.05, 0.1) is 27.9 Å². The van der Waals surface area contributed by atoms with Gasteiger partial charge in [-0.15, -0.1) is 0 Å². The summed E-state index contributed by atoms with van der Waals surface area (Å²) in [4.78, 5) is 24.8. The number of esters is 1. The van der Waals surface area contributed by atoms with E-state index < -0.39 is 5.97 Å². The van der Waals surface area contributed by atoms with Gasteiger partial charge < -0.3 is 28.7 Å². The molecule has 0 spiro atoms. The van der Waals surface area contributed by atoms with E-state index in [2.05, 4.69) is 5.32 Å². The highest BCUT2D eigenvalue weighted by atomic mass is 16.5. The third-order valence-corrected chi connectivity index (χ3v) is 4.58. The van der Waals surface area contributed by atoms with E-state index in [9.17, 15) is 9.59 Å². The van der Waals surface area contributed by atoms with E-state index in [0.29, 0.717) is 45.0 Å². The van der Waals surface area contributed by atoms with Crippen LogP contribution in [0.1, 0.15) is 33.4 Å². The van der Waals surface area contributed by atoms with Crippen molar-refractivity contribution in [3.05, 3.63) is 47.2 Å². The lowest BCUT2D eigenvalue weighted by Gasteiger charge is -2.14. The molecule has 0 fully saturated rings. The van der Waals surface area contributed by atoms with E-state index >= 15 is 0 Å². The molecule has 3 rings (SSSR count). The molecule has 0 saturated heterocycles. The number of fused-ring (bicyclic) bond motifs is 1. The fourth-order valence-electron chi connectivity index (χ4n) is 3.11. The molecule has 0 aliphatic rings. The Labute approximate surface area is 173 Å². The van der Waals surface area contributed by atoms with Crippen LogP contribution in [0.15, 0.2) is 34.7 Å². The van der Waals surface area contributed by atoms with Gasteiger partial charge in [0.15, 0.2) is 11.5 Å². The molecule has 0 unspecified atom stereocenters. The molecule has 3 aromatic rings. The van der Waals surface area contributed by atoms with Gasteiger partial charge in [-0.2, -0.15) is 0 Å². The number of methoxy groups -OCH3 is 3. The second-order valence-corrected chi connectivity index (χ2v) is 6.36. The summed E-state index contributed by atoms with van der Waals surface area (Å²) in [6.07, 6.45) is 0. The molecule has 0 aliphatic heterocycles. The molecule has 1 heterocycles. The SMILES string of the molecule is CCOC(=O)c1oc2ccc(NC(=O)c3cc(OC)c(OC)c(OC)c3)cc2c1C. The number of nitrogens with one attached hydrogen (secondary N) is 1. The lowest BCUT2D eigenvalue weighted by molar-refractivity contribution is 0.0491. The second-order valence-electron chi connectivity index (χ2n) is 6.36. The van der Waals surface area contributed by atoms with Crippen molar-refractivity contribution in [2.24, 2.45) is 0 Å². The first-order valence-electron chi connectivity index (χ1n) is 9.25. The predicted molar refractivity (Wildman–Crippen MR) is 111 cm³/mol. The van der Waals surface area contributed by atoms with E-state index in [1.54, 1.807) is 44.2 Å². The van der Waals surface area contributed by atoms with Crippen LogP contribution < -0.4 is 19.5 Å². The number of furan rings is 1. The summed E-state index contributed by atoms with van der Waals surface area (Å²) >= 11 is 0. The van der Waals surface area contributed by atoms with Gasteiger partial charge in [0.1, 0.15) is 5.58 Å². The van der Waals surface area contributed by atoms with Gasteiger partial charge in [-0.05, 0) is 44.2 Å². The minimum absolute atomic E-state index is 0.153. The average molecular weight is 413 g/mol. The number of rotatable bonds is 7. The average Bonchev–Trinajstić information content (AvgIpc) is 3.08. The maximum Gasteiger partial charge on any atom is 0.374 e. The molecule has 30 heavy (non-hydrogen) atoms. The quantitative estimate of drug-likeness (QED) is 0.580. The van der Waals surface area contributed by atoms with Gasteiger partial charge in [-0.1, -0.05) is 0 Å². The molecule has 158 valence electrons. The van der Waals surface area contributed by atoms with Gasteiger partial charge in [0.25, 0.3) is 5.91 Å². The maximum atomic E-state index is 12.8. The summed E-state index contributed by atoms with van der Waals surface area (Å²) in [5.41, 5.74) is 2.05. The first-order chi connectivity index (χ1) is 14.4. The Kier molecular flexibility index (Phi) is 6.15. The van der Waals surface area contributed by atoms with Crippen molar-refractivity contribution < 1.29 is 33.0 Å². The van der Waals surface area contributed by atoms with Gasteiger partial charge >= 0.3 is 5.97 Å². The van der Waals surface area contributed by atoms with E-state index in [-0.39, 0.29) is 18.3 Å². The summed E-state index contributed by atoms with van der Waals surface area (Å²) in [6.45, 7) is 3.75. The molecule has 0 saturated carbocycles. The lowest BCUT2D eigenvalue weighted by Crippen LogP contribution is -2.12. The topological polar surface area (TPSA) is 96.2 Å². The predicted octanol–water partition coefficient (Wildman–Crippen LogP) is 4.20. The van der Waals surface area contributed by atoms with Crippen LogP contribution in [-0.4, -0.2) is 39.8 Å². The molecule has 1 amide bonds. The maximum absolute atomic E-state index is 12.8. The molecule has 0 atom stereocenters. The molecule has 0 aliphatic carbocycles. The van der Waals surface area contributed by atoms with Crippen molar-refractivity contribution in [3.8, 4) is 17.2 Å². The van der Waals surface area contributed by atoms with Gasteiger partial charge in [0.2, 0.25) is 11.5 Å². The van der Waals surface area contributed by atoms with Crippen molar-refractivity contribution in [1.29, 1.82) is 0 Å². The van der Waals surface area contributed by atoms with Crippen LogP contribution in [0.5, 0.6) is 17.2 Å². The van der Waals surface area contributed by atoms with Crippen LogP contribution in [0, 0.1) is 6.92 Å². The summed E-state index contributed by atoms with van der Waals surface area (Å²) in [7, 11) is 4.46. The Morgan fingerprint density at radius 1 is 1.00 bits per heavy atom. The zero-order valence-corrected chi connectivity index (χ0v) is 17.5. The molecule has 8 nitrogen and oxygen atoms in total. The van der Waals surface area contributed by atoms with Crippen molar-refractivity contribution in [1.82, 2.24) is 0 Å². The number of ether oxygens (including phenoxy) is 4. The monoisotopic (exact) mass is 413 g/mol. The van der Waals surface area contributed by atoms with Crippen LogP contribution in [0.3, 0.4) is 0 Å². The molecular weight excluding hydrogens is 390 g/mol. The minimum atomic E-state index is -0.519. The van der Waals surface area contributed by atoms with Crippen LogP contribution >= 0.6 is 0 Å². The fourth-order valence-corrected chi connectivity index (χ4v) is 3.11. The highest BCUT2D eigenvalue weighted by molar-refractivity contribution is 6.06. The van der Waals surface area contributed by atoms with E-state index in [4.69, 9.17) is 23.4 Å². The third kappa shape index (κ3) is 3.89. The molecule has 0 bridgehead atoms. The normalized spacial score (nSPS) is 10.6. The van der Waals surface area contributed by atoms with Crippen molar-refractivity contribution in [2.75, 3.05) is 33.3 Å². The Balaban J connectivity index is 1.92. The number of hydrogen-bond acceptors (Lipinski definition) is 7. The number of carbonyl (C=O) groups excluding carboxylic acids is 2. The minimum Gasteiger partial charge on any atom is -0.493 e. The number of anilines is 1. The van der Waals surface area contributed by atoms with Crippen LogP contribution in [0.4, 0.5) is 5.69 Å². The number of hydrogen-bond donors (Lipinski definition) is 1. The van der Waals surface area contributed by atoms with Gasteiger partial charge in [0, 0.05) is 22.2 Å². The Hall–Kier alpha value is -3.68. The van der Waals surface area contributed by atoms with E-state index in [1.165, 1.54) is 21.3 Å². The fraction of sp³-hybridized carbons (Fsp3) is 0.273. The van der Waals surface area contributed by atoms with E-state index in [1.807, 2.05) is 0 Å². The number of carbonyl (C=O) groups is 2. The van der Waals surface area contributed by atoms with E-state index in [0.717, 1.165) is 0 Å². The lowest BCUT2D eigenvalue weighted by atomic mass is 10.1. The van der Waals surface area contributed by atoms with Gasteiger partial charge in [-0.3, -0.25) is 4.79 Å². The number of aryl methyl sites for hydroxylation is 1. The summed E-state index contributed by atoms with van der Waals surface area (Å²) in [6, 6.07) is 8.26. The van der Waals surface area contributed by atoms with Crippen molar-refractivity contribution in [2.45, 2.75) is 13.8 Å². The zero-order valence-electron chi connectivity index (χ0n) is 17.5. The summed E-state index contributed by atoms with van der Waals surface area (Å²) in [5, 5.41) is 3.54. The Bertz CT molecular complexity index is 1080. The Morgan fingerprint density at radius 2 is 1.67 bits per heavy atom. The molecule has 1 aromatic heterocycles. The zero-order chi connectivity index (χ0) is 21.8. The van der Waals surface area contributed by atoms with Crippen LogP contribution in [-0.2, 0) is 4.74 Å². The summed E-state index contributed by atoms with van der Waals surface area (Å²) in [5.74, 6) is 0.428. The van der Waals surface area contributed by atoms with Crippen molar-refractivity contribution >= 4 is 28.5 Å². The molecule has 1 N–H and O–H groups in total. The van der Waals surface area contributed by atoms with Crippen LogP contribution in [0.25, 0.3) is 11.0 Å². The molecule has 2 aromatic carbocycles. The highest BCUT2D eigenvalue weighted by Crippen LogP contribution is 2.38. The number of benzene rings is 2. The van der Waals surface area contributed by atoms with Crippen LogP contribution in [0.2, 0.25) is 0 Å². The molecular formula is C22H23NO7. The molecule has 0 radical (unpaired) electrons.